The fourth-order valence-electron chi connectivity index (χ4n) is 9.11. The van der Waals surface area contributed by atoms with E-state index in [9.17, 15) is 29.4 Å². The summed E-state index contributed by atoms with van der Waals surface area (Å²) in [6.07, 6.45) is 7.64. The van der Waals surface area contributed by atoms with Gasteiger partial charge in [-0.05, 0) is 91.8 Å². The van der Waals surface area contributed by atoms with Gasteiger partial charge in [0.05, 0.1) is 12.5 Å². The average molecular weight is 505 g/mol. The van der Waals surface area contributed by atoms with E-state index in [4.69, 9.17) is 5.73 Å². The van der Waals surface area contributed by atoms with Crippen LogP contribution in [-0.2, 0) is 19.2 Å². The van der Waals surface area contributed by atoms with Crippen LogP contribution in [0.1, 0.15) is 91.4 Å². The predicted molar refractivity (Wildman–Crippen MR) is 133 cm³/mol. The van der Waals surface area contributed by atoms with Crippen LogP contribution in [-0.4, -0.2) is 45.9 Å². The van der Waals surface area contributed by atoms with Crippen molar-refractivity contribution in [2.45, 2.75) is 104 Å². The Hall–Kier alpha value is -1.96. The minimum absolute atomic E-state index is 0.0691. The van der Waals surface area contributed by atoms with Crippen LogP contribution in [0.4, 0.5) is 0 Å². The Morgan fingerprint density at radius 3 is 2.42 bits per heavy atom. The van der Waals surface area contributed by atoms with Crippen molar-refractivity contribution < 1.29 is 29.4 Å². The van der Waals surface area contributed by atoms with Gasteiger partial charge in [-0.2, -0.15) is 0 Å². The van der Waals surface area contributed by atoms with E-state index in [0.717, 1.165) is 44.9 Å². The number of carboxylic acids is 1. The van der Waals surface area contributed by atoms with Crippen LogP contribution in [0.15, 0.2) is 0 Å². The Balaban J connectivity index is 1.40. The third kappa shape index (κ3) is 4.82. The first-order valence-electron chi connectivity index (χ1n) is 13.9. The lowest BCUT2D eigenvalue weighted by Crippen LogP contribution is -2.57. The van der Waals surface area contributed by atoms with E-state index in [1.807, 2.05) is 0 Å². The van der Waals surface area contributed by atoms with Crippen molar-refractivity contribution in [3.05, 3.63) is 0 Å². The molecule has 7 unspecified atom stereocenters. The summed E-state index contributed by atoms with van der Waals surface area (Å²) in [4.78, 5) is 48.4. The van der Waals surface area contributed by atoms with Crippen molar-refractivity contribution in [3.63, 3.8) is 0 Å². The number of aliphatic hydroxyl groups excluding tert-OH is 1. The molecule has 4 fully saturated rings. The number of aliphatic carboxylic acids is 1. The molecule has 8 heteroatoms. The fourth-order valence-corrected chi connectivity index (χ4v) is 9.11. The third-order valence-corrected chi connectivity index (χ3v) is 11.1. The maximum absolute atomic E-state index is 13.5. The smallest absolute Gasteiger partial charge is 0.326 e. The van der Waals surface area contributed by atoms with Crippen molar-refractivity contribution in [2.24, 2.45) is 52.1 Å². The molecule has 8 nitrogen and oxygen atoms in total. The molecule has 0 aromatic carbocycles. The highest BCUT2D eigenvalue weighted by molar-refractivity contribution is 5.88. The van der Waals surface area contributed by atoms with E-state index in [1.165, 1.54) is 0 Å². The molecule has 0 aliphatic heterocycles. The topological polar surface area (TPSA) is 147 Å². The number of hydrogen-bond donors (Lipinski definition) is 4. The first kappa shape index (κ1) is 27.1. The van der Waals surface area contributed by atoms with Gasteiger partial charge in [0, 0.05) is 18.8 Å². The van der Waals surface area contributed by atoms with Gasteiger partial charge in [-0.1, -0.05) is 20.8 Å². The molecule has 4 saturated carbocycles. The predicted octanol–water partition coefficient (Wildman–Crippen LogP) is 3.05. The highest BCUT2D eigenvalue weighted by Crippen LogP contribution is 2.67. The fraction of sp³-hybridized carbons (Fsp3) is 0.857. The summed E-state index contributed by atoms with van der Waals surface area (Å²) in [5.74, 6) is -0.0958. The lowest BCUT2D eigenvalue weighted by Gasteiger charge is -2.60. The van der Waals surface area contributed by atoms with Crippen LogP contribution < -0.4 is 11.1 Å². The number of aliphatic hydroxyl groups is 1. The number of nitrogens with two attached hydrogens (primary N) is 1. The summed E-state index contributed by atoms with van der Waals surface area (Å²) in [6, 6.07) is -1.29. The quantitative estimate of drug-likeness (QED) is 0.399. The molecule has 10 atom stereocenters. The highest BCUT2D eigenvalue weighted by Gasteiger charge is 2.63. The molecule has 4 rings (SSSR count). The zero-order valence-corrected chi connectivity index (χ0v) is 22.0. The molecule has 2 amide bonds. The number of carbonyl (C=O) groups excluding carboxylic acids is 3. The maximum Gasteiger partial charge on any atom is 0.326 e. The number of ketones is 1. The Morgan fingerprint density at radius 1 is 1.08 bits per heavy atom. The van der Waals surface area contributed by atoms with Crippen molar-refractivity contribution in [1.82, 2.24) is 5.32 Å². The number of primary amides is 1. The summed E-state index contributed by atoms with van der Waals surface area (Å²) in [7, 11) is 0. The normalized spacial score (nSPS) is 41.4. The van der Waals surface area contributed by atoms with E-state index in [-0.39, 0.29) is 41.1 Å². The Morgan fingerprint density at radius 2 is 1.75 bits per heavy atom. The molecule has 0 aromatic heterocycles. The van der Waals surface area contributed by atoms with E-state index < -0.39 is 24.3 Å². The lowest BCUT2D eigenvalue weighted by molar-refractivity contribution is -0.160. The van der Waals surface area contributed by atoms with Crippen molar-refractivity contribution >= 4 is 23.6 Å². The van der Waals surface area contributed by atoms with E-state index >= 15 is 0 Å². The van der Waals surface area contributed by atoms with E-state index in [1.54, 1.807) is 0 Å². The number of carboxylic acid groups (broad SMARTS) is 1. The molecule has 0 saturated heterocycles. The van der Waals surface area contributed by atoms with Gasteiger partial charge in [-0.15, -0.1) is 0 Å². The van der Waals surface area contributed by atoms with Crippen molar-refractivity contribution in [2.75, 3.05) is 0 Å². The van der Waals surface area contributed by atoms with E-state index in [0.29, 0.717) is 42.3 Å². The number of hydrogen-bond acceptors (Lipinski definition) is 5. The number of fused-ring (bicyclic) bond motifs is 5. The third-order valence-electron chi connectivity index (χ3n) is 11.1. The Kier molecular flexibility index (Phi) is 7.58. The lowest BCUT2D eigenvalue weighted by atomic mass is 9.44. The number of amides is 2. The monoisotopic (exact) mass is 504 g/mol. The summed E-state index contributed by atoms with van der Waals surface area (Å²) in [5, 5.41) is 21.9. The van der Waals surface area contributed by atoms with Crippen molar-refractivity contribution in [3.8, 4) is 0 Å². The second-order valence-corrected chi connectivity index (χ2v) is 12.9. The summed E-state index contributed by atoms with van der Waals surface area (Å²) in [5.41, 5.74) is 5.32. The molecular weight excluding hydrogens is 460 g/mol. The maximum atomic E-state index is 13.5. The van der Waals surface area contributed by atoms with Crippen LogP contribution in [0.5, 0.6) is 0 Å². The number of Topliss-reactive ketones (excluding diaryl/α,β-unsaturated/α-hetero) is 1. The van der Waals surface area contributed by atoms with Crippen LogP contribution in [0.3, 0.4) is 0 Å². The Labute approximate surface area is 214 Å². The zero-order valence-electron chi connectivity index (χ0n) is 22.0. The zero-order chi connectivity index (χ0) is 26.4. The molecule has 4 aliphatic carbocycles. The largest absolute Gasteiger partial charge is 0.480 e. The molecule has 0 spiro atoms. The molecular formula is C28H44N2O6. The first-order chi connectivity index (χ1) is 16.9. The van der Waals surface area contributed by atoms with Gasteiger partial charge >= 0.3 is 5.97 Å². The molecule has 0 radical (unpaired) electrons. The van der Waals surface area contributed by atoms with Crippen LogP contribution in [0.25, 0.3) is 0 Å². The number of carbonyl (C=O) groups is 4. The summed E-state index contributed by atoms with van der Waals surface area (Å²) in [6.45, 7) is 6.92. The molecule has 36 heavy (non-hydrogen) atoms. The second kappa shape index (κ2) is 10.1. The van der Waals surface area contributed by atoms with Gasteiger partial charge in [-0.3, -0.25) is 14.4 Å². The SMILES string of the molecule is CC(CCC(=O)N[C@@H](CC(N)=O)C(=O)O)C1CCC2C3C(=O)C[C@@H]4C[C@H](O)CCC4(C)C3CCC12C. The van der Waals surface area contributed by atoms with E-state index in [2.05, 4.69) is 26.1 Å². The minimum atomic E-state index is -1.29. The minimum Gasteiger partial charge on any atom is -0.480 e. The van der Waals surface area contributed by atoms with Gasteiger partial charge < -0.3 is 21.3 Å². The van der Waals surface area contributed by atoms with Crippen molar-refractivity contribution in [1.29, 1.82) is 0 Å². The molecule has 0 heterocycles. The Bertz CT molecular complexity index is 906. The molecule has 202 valence electrons. The molecule has 0 bridgehead atoms. The first-order valence-corrected chi connectivity index (χ1v) is 13.9. The highest BCUT2D eigenvalue weighted by atomic mass is 16.4. The second-order valence-electron chi connectivity index (χ2n) is 12.9. The van der Waals surface area contributed by atoms with Gasteiger partial charge in [0.2, 0.25) is 11.8 Å². The number of nitrogens with one attached hydrogen (secondary N) is 1. The standard InChI is InChI=1S/C28H44N2O6/c1-15(4-7-24(34)30-21(26(35)36)14-23(29)33)18-5-6-19-25-20(9-11-28(18,19)3)27(2)10-8-17(31)12-16(27)13-22(25)32/h15-21,25,31H,4-14H2,1-3H3,(H2,29,33)(H,30,34)(H,35,36)/t15?,16-,17+,18?,19?,20?,21-,25?,27?,28?/m0/s1. The van der Waals surface area contributed by atoms with Gasteiger partial charge in [-0.25, -0.2) is 4.79 Å². The van der Waals surface area contributed by atoms with Crippen LogP contribution in [0.2, 0.25) is 0 Å². The molecule has 4 aliphatic rings. The van der Waals surface area contributed by atoms with Crippen LogP contribution >= 0.6 is 0 Å². The molecule has 0 aromatic rings. The van der Waals surface area contributed by atoms with Gasteiger partial charge in [0.15, 0.2) is 0 Å². The van der Waals surface area contributed by atoms with Crippen LogP contribution in [0, 0.1) is 46.3 Å². The summed E-state index contributed by atoms with van der Waals surface area (Å²) < 4.78 is 0. The average Bonchev–Trinajstić information content (AvgIpc) is 3.15. The number of rotatable bonds is 8. The molecule has 5 N–H and O–H groups in total. The van der Waals surface area contributed by atoms with Gasteiger partial charge in [0.1, 0.15) is 11.8 Å². The summed E-state index contributed by atoms with van der Waals surface area (Å²) >= 11 is 0. The van der Waals surface area contributed by atoms with Gasteiger partial charge in [0.25, 0.3) is 0 Å².